The van der Waals surface area contributed by atoms with Gasteiger partial charge in [0.15, 0.2) is 0 Å². The number of hydrogen-bond acceptors (Lipinski definition) is 24. The number of rotatable bonds is 48. The first-order valence-corrected chi connectivity index (χ1v) is 32.0. The predicted octanol–water partition coefficient (Wildman–Crippen LogP) is 2.28. The van der Waals surface area contributed by atoms with E-state index in [-0.39, 0.29) is 111 Å². The number of hydrogen-bond donors (Lipinski definition) is 11. The lowest BCUT2D eigenvalue weighted by molar-refractivity contribution is -0.214. The molecule has 0 aromatic heterocycles. The molecule has 11 N–H and O–H groups in total. The minimum absolute atomic E-state index is 0.0980. The highest BCUT2D eigenvalue weighted by atomic mass is 31.2. The van der Waals surface area contributed by atoms with Crippen molar-refractivity contribution in [1.29, 1.82) is 0 Å². The monoisotopic (exact) mass is 1250 g/mol. The first-order valence-electron chi connectivity index (χ1n) is 27.5. The molecule has 29 nitrogen and oxygen atoms in total. The molecule has 1 aliphatic heterocycles. The zero-order valence-corrected chi connectivity index (χ0v) is 52.7. The second kappa shape index (κ2) is 38.2. The molecule has 1 aliphatic rings. The molecule has 0 aromatic rings. The summed E-state index contributed by atoms with van der Waals surface area (Å²) in [6, 6.07) is -2.13. The number of amides is 2. The summed E-state index contributed by atoms with van der Waals surface area (Å²) in [5, 5.41) is 66.4. The van der Waals surface area contributed by atoms with Crippen LogP contribution < -0.4 is 10.6 Å². The molecule has 82 heavy (non-hydrogen) atoms. The van der Waals surface area contributed by atoms with E-state index in [1.54, 1.807) is 20.8 Å². The van der Waals surface area contributed by atoms with Gasteiger partial charge in [0.2, 0.25) is 11.8 Å². The Hall–Kier alpha value is -1.25. The molecule has 1 saturated heterocycles. The van der Waals surface area contributed by atoms with Gasteiger partial charge in [-0.3, -0.25) is 36.7 Å². The van der Waals surface area contributed by atoms with E-state index in [1.165, 1.54) is 21.0 Å². The number of aliphatic hydroxyl groups is 6. The summed E-state index contributed by atoms with van der Waals surface area (Å²) in [6.45, 7) is 15.4. The number of carbonyl (C=O) groups is 2. The van der Waals surface area contributed by atoms with E-state index in [2.05, 4.69) is 15.2 Å². The van der Waals surface area contributed by atoms with E-state index >= 15 is 0 Å². The maximum atomic E-state index is 13.1. The Morgan fingerprint density at radius 3 is 1.72 bits per heavy atom. The van der Waals surface area contributed by atoms with Gasteiger partial charge in [0, 0.05) is 60.2 Å². The van der Waals surface area contributed by atoms with Crippen LogP contribution in [0.3, 0.4) is 0 Å². The smallest absolute Gasteiger partial charge is 0.394 e. The molecular weight excluding hydrogens is 1150 g/mol. The normalized spacial score (nSPS) is 23.7. The number of ether oxygens (including phenoxy) is 7. The summed E-state index contributed by atoms with van der Waals surface area (Å²) >= 11 is 0. The summed E-state index contributed by atoms with van der Waals surface area (Å²) in [6.07, 6.45) is -6.97. The van der Waals surface area contributed by atoms with Gasteiger partial charge in [-0.2, -0.15) is 0 Å². The van der Waals surface area contributed by atoms with Gasteiger partial charge in [-0.1, -0.05) is 34.6 Å². The van der Waals surface area contributed by atoms with Crippen molar-refractivity contribution in [1.82, 2.24) is 10.6 Å². The van der Waals surface area contributed by atoms with Crippen LogP contribution in [-0.4, -0.2) is 236 Å². The molecule has 2 amide bonds. The fourth-order valence-corrected chi connectivity index (χ4v) is 10.0. The quantitative estimate of drug-likeness (QED) is 0.0307. The molecular formula is C50H101N2O27P3. The van der Waals surface area contributed by atoms with E-state index in [9.17, 15) is 68.6 Å². The number of carbonyl (C=O) groups excluding carboxylic acids is 2. The van der Waals surface area contributed by atoms with E-state index in [0.29, 0.717) is 25.7 Å². The van der Waals surface area contributed by atoms with Crippen molar-refractivity contribution in [2.24, 2.45) is 16.7 Å². The van der Waals surface area contributed by atoms with Crippen LogP contribution >= 0.6 is 23.5 Å². The van der Waals surface area contributed by atoms with Gasteiger partial charge >= 0.3 is 23.5 Å². The third-order valence-corrected chi connectivity index (χ3v) is 17.0. The van der Waals surface area contributed by atoms with Crippen molar-refractivity contribution in [3.63, 3.8) is 0 Å². The molecule has 0 bridgehead atoms. The number of phosphoric ester groups is 3. The SMILES string of the molecule is CCC(C)(CCOCC(COCCCOP(=O)(O)OC)COCCC(C)(C)COP(=O)(O)OCCC(C)(C)OCC1OC(CO)C(O)C(O)C1NC(C)=O)COP(=O)(O)OCCC(C)(CC)OCC(NC(C)=O)C(O)C(O)C(CO)OC. The molecule has 15 atom stereocenters. The van der Waals surface area contributed by atoms with Crippen molar-refractivity contribution in [2.75, 3.05) is 113 Å². The third kappa shape index (κ3) is 32.1. The van der Waals surface area contributed by atoms with Crippen LogP contribution in [-0.2, 0) is 83.6 Å². The van der Waals surface area contributed by atoms with Crippen LogP contribution in [0.1, 0.15) is 114 Å². The van der Waals surface area contributed by atoms with Gasteiger partial charge in [-0.25, -0.2) is 13.7 Å². The third-order valence-electron chi connectivity index (χ3n) is 14.1. The topological polar surface area (TPSA) is 411 Å². The van der Waals surface area contributed by atoms with Crippen molar-refractivity contribution < 1.29 is 129 Å². The Labute approximate surface area is 483 Å². The van der Waals surface area contributed by atoms with E-state index < -0.39 is 125 Å². The van der Waals surface area contributed by atoms with Gasteiger partial charge in [-0.15, -0.1) is 0 Å². The summed E-state index contributed by atoms with van der Waals surface area (Å²) in [5.41, 5.74) is -3.22. The lowest BCUT2D eigenvalue weighted by Gasteiger charge is -2.43. The number of methoxy groups -OCH3 is 1. The molecule has 0 aliphatic carbocycles. The molecule has 488 valence electrons. The average Bonchev–Trinajstić information content (AvgIpc) is 3.55. The van der Waals surface area contributed by atoms with Crippen LogP contribution in [0.25, 0.3) is 0 Å². The molecule has 0 saturated carbocycles. The summed E-state index contributed by atoms with van der Waals surface area (Å²) in [7, 11) is -11.0. The summed E-state index contributed by atoms with van der Waals surface area (Å²) in [4.78, 5) is 54.4. The molecule has 1 fully saturated rings. The minimum atomic E-state index is -4.57. The second-order valence-corrected chi connectivity index (χ2v) is 26.9. The zero-order chi connectivity index (χ0) is 62.6. The molecule has 0 spiro atoms. The molecule has 0 aromatic carbocycles. The molecule has 1 heterocycles. The van der Waals surface area contributed by atoms with Gasteiger partial charge < -0.3 is 89.1 Å². The fraction of sp³-hybridized carbons (Fsp3) is 0.960. The Kier molecular flexibility index (Phi) is 36.7. The van der Waals surface area contributed by atoms with Crippen LogP contribution in [0, 0.1) is 16.7 Å². The first kappa shape index (κ1) is 78.8. The predicted molar refractivity (Wildman–Crippen MR) is 295 cm³/mol. The Morgan fingerprint density at radius 2 is 1.20 bits per heavy atom. The van der Waals surface area contributed by atoms with Crippen molar-refractivity contribution in [3.05, 3.63) is 0 Å². The van der Waals surface area contributed by atoms with Gasteiger partial charge in [-0.05, 0) is 70.1 Å². The number of aliphatic hydroxyl groups excluding tert-OH is 6. The number of phosphoric acid groups is 3. The lowest BCUT2D eigenvalue weighted by atomic mass is 9.85. The highest BCUT2D eigenvalue weighted by molar-refractivity contribution is 7.47. The van der Waals surface area contributed by atoms with Crippen molar-refractivity contribution >= 4 is 35.3 Å². The first-order chi connectivity index (χ1) is 38.1. The highest BCUT2D eigenvalue weighted by Gasteiger charge is 2.45. The van der Waals surface area contributed by atoms with Gasteiger partial charge in [0.05, 0.1) is 103 Å². The molecule has 0 radical (unpaired) electrons. The van der Waals surface area contributed by atoms with E-state index in [0.717, 1.165) is 7.11 Å². The highest BCUT2D eigenvalue weighted by Crippen LogP contribution is 2.47. The zero-order valence-electron chi connectivity index (χ0n) is 50.0. The Balaban J connectivity index is 2.77. The van der Waals surface area contributed by atoms with Crippen LogP contribution in [0.4, 0.5) is 0 Å². The Morgan fingerprint density at radius 1 is 0.634 bits per heavy atom. The van der Waals surface area contributed by atoms with Crippen molar-refractivity contribution in [3.8, 4) is 0 Å². The minimum Gasteiger partial charge on any atom is -0.394 e. The second-order valence-electron chi connectivity index (χ2n) is 22.4. The molecule has 32 heteroatoms. The molecule has 15 unspecified atom stereocenters. The lowest BCUT2D eigenvalue weighted by Crippen LogP contribution is -2.65. The average molecular weight is 1260 g/mol. The molecule has 1 rings (SSSR count). The van der Waals surface area contributed by atoms with Gasteiger partial charge in [0.1, 0.15) is 42.7 Å². The maximum Gasteiger partial charge on any atom is 0.472 e. The fourth-order valence-electron chi connectivity index (χ4n) is 7.77. The van der Waals surface area contributed by atoms with Gasteiger partial charge in [0.25, 0.3) is 0 Å². The standard InChI is InChI=1S/C50H101N2O27P3/c1-13-49(9,34-78-82(65,66)76-25-19-50(10,14-2)73-31-38(51-35(3)55)43(57)44(58)39(26-53)67-11)18-23-71-30-37(28-69-20-15-21-74-80(61,62)68-12)29-70-22-16-47(5,6)33-77-81(63,64)75-24-17-48(7,8)72-32-41-42(52-36(4)56)46(60)45(59)40(27-54)79-41/h37-46,53-54,57-60H,13-34H2,1-12H3,(H,51,55)(H,52,56)(H,61,62)(H,63,64)(H,65,66). The van der Waals surface area contributed by atoms with Crippen molar-refractivity contribution in [2.45, 2.75) is 180 Å². The van der Waals surface area contributed by atoms with Crippen LogP contribution in [0.2, 0.25) is 0 Å². The summed E-state index contributed by atoms with van der Waals surface area (Å²) in [5.74, 6) is -1.29. The van der Waals surface area contributed by atoms with Crippen LogP contribution in [0.5, 0.6) is 0 Å². The van der Waals surface area contributed by atoms with E-state index in [1.807, 2.05) is 34.6 Å². The van der Waals surface area contributed by atoms with Crippen LogP contribution in [0.15, 0.2) is 0 Å². The Bertz CT molecular complexity index is 1940. The summed E-state index contributed by atoms with van der Waals surface area (Å²) < 4.78 is 109. The van der Waals surface area contributed by atoms with E-state index in [4.69, 9.17) is 55.8 Å². The maximum absolute atomic E-state index is 13.1. The number of nitrogens with one attached hydrogen (secondary N) is 2. The largest absolute Gasteiger partial charge is 0.472 e.